The lowest BCUT2D eigenvalue weighted by Crippen LogP contribution is -2.21. The van der Waals surface area contributed by atoms with E-state index in [9.17, 15) is 9.59 Å². The van der Waals surface area contributed by atoms with Crippen molar-refractivity contribution in [2.75, 3.05) is 0 Å². The van der Waals surface area contributed by atoms with Crippen molar-refractivity contribution in [1.29, 1.82) is 0 Å². The van der Waals surface area contributed by atoms with Crippen LogP contribution in [-0.2, 0) is 0 Å². The summed E-state index contributed by atoms with van der Waals surface area (Å²) in [6.07, 6.45) is 1.85. The van der Waals surface area contributed by atoms with Gasteiger partial charge in [0, 0.05) is 17.3 Å². The fraction of sp³-hybridized carbons (Fsp3) is 0. The molecule has 0 bridgehead atoms. The molecule has 4 rings (SSSR count). The standard InChI is InChI=1S/C15H8N2O2/c18-14-10-6-2-1-5-9(10)13-12(15(14)19)16-11-7-3-4-8-17(11)13/h1-8H. The van der Waals surface area contributed by atoms with Crippen LogP contribution in [0.4, 0.5) is 0 Å². The number of carbonyl (C=O) groups excluding carboxylic acids is 2. The van der Waals surface area contributed by atoms with E-state index in [2.05, 4.69) is 4.98 Å². The largest absolute Gasteiger partial charge is 0.299 e. The Hall–Kier alpha value is -2.75. The molecule has 4 heteroatoms. The van der Waals surface area contributed by atoms with E-state index >= 15 is 0 Å². The molecule has 1 aliphatic rings. The molecule has 0 fully saturated rings. The summed E-state index contributed by atoms with van der Waals surface area (Å²) in [6.45, 7) is 0. The lowest BCUT2D eigenvalue weighted by atomic mass is 9.90. The van der Waals surface area contributed by atoms with Gasteiger partial charge in [0.2, 0.25) is 5.78 Å². The van der Waals surface area contributed by atoms with E-state index in [0.29, 0.717) is 16.9 Å². The molecule has 19 heavy (non-hydrogen) atoms. The van der Waals surface area contributed by atoms with Crippen molar-refractivity contribution in [2.45, 2.75) is 0 Å². The highest BCUT2D eigenvalue weighted by molar-refractivity contribution is 6.52. The van der Waals surface area contributed by atoms with Crippen molar-refractivity contribution in [1.82, 2.24) is 9.38 Å². The van der Waals surface area contributed by atoms with Gasteiger partial charge in [-0.25, -0.2) is 4.98 Å². The smallest absolute Gasteiger partial charge is 0.254 e. The number of Topliss-reactive ketones (excluding diaryl/α,β-unsaturated/α-hetero) is 2. The average Bonchev–Trinajstić information content (AvgIpc) is 2.84. The van der Waals surface area contributed by atoms with E-state index in [-0.39, 0.29) is 5.69 Å². The van der Waals surface area contributed by atoms with Gasteiger partial charge in [-0.15, -0.1) is 0 Å². The number of benzene rings is 1. The Kier molecular flexibility index (Phi) is 1.82. The molecule has 0 saturated carbocycles. The average molecular weight is 248 g/mol. The molecule has 3 aromatic rings. The molecule has 1 aromatic carbocycles. The minimum atomic E-state index is -0.530. The molecule has 2 heterocycles. The summed E-state index contributed by atoms with van der Waals surface area (Å²) in [5, 5.41) is 0. The Morgan fingerprint density at radius 3 is 2.42 bits per heavy atom. The van der Waals surface area contributed by atoms with Gasteiger partial charge >= 0.3 is 0 Å². The van der Waals surface area contributed by atoms with E-state index < -0.39 is 11.6 Å². The maximum absolute atomic E-state index is 12.1. The number of rotatable bonds is 0. The van der Waals surface area contributed by atoms with E-state index in [1.807, 2.05) is 40.9 Å². The summed E-state index contributed by atoms with van der Waals surface area (Å²) < 4.78 is 1.85. The molecule has 0 N–H and O–H groups in total. The first kappa shape index (κ1) is 10.2. The topological polar surface area (TPSA) is 51.4 Å². The highest BCUT2D eigenvalue weighted by Crippen LogP contribution is 2.33. The van der Waals surface area contributed by atoms with Crippen LogP contribution in [0.2, 0.25) is 0 Å². The molecule has 90 valence electrons. The van der Waals surface area contributed by atoms with Gasteiger partial charge < -0.3 is 0 Å². The van der Waals surface area contributed by atoms with Crippen LogP contribution in [0.1, 0.15) is 20.8 Å². The molecule has 1 aliphatic carbocycles. The molecular formula is C15H8N2O2. The summed E-state index contributed by atoms with van der Waals surface area (Å²) >= 11 is 0. The molecule has 4 nitrogen and oxygen atoms in total. The second-order valence-electron chi connectivity index (χ2n) is 4.44. The van der Waals surface area contributed by atoms with Crippen LogP contribution in [0.15, 0.2) is 48.7 Å². The highest BCUT2D eigenvalue weighted by atomic mass is 16.2. The predicted molar refractivity (Wildman–Crippen MR) is 69.3 cm³/mol. The third-order valence-electron chi connectivity index (χ3n) is 3.38. The third-order valence-corrected chi connectivity index (χ3v) is 3.38. The SMILES string of the molecule is O=C1C(=O)c2nc3ccccn3c2-c2ccccc21. The van der Waals surface area contributed by atoms with Gasteiger partial charge in [0.25, 0.3) is 5.78 Å². The lowest BCUT2D eigenvalue weighted by Gasteiger charge is -2.13. The summed E-state index contributed by atoms with van der Waals surface area (Å²) in [7, 11) is 0. The van der Waals surface area contributed by atoms with Crippen molar-refractivity contribution in [3.8, 4) is 11.3 Å². The molecule has 0 spiro atoms. The first-order chi connectivity index (χ1) is 9.27. The zero-order valence-electron chi connectivity index (χ0n) is 9.83. The number of hydrogen-bond donors (Lipinski definition) is 0. The van der Waals surface area contributed by atoms with Gasteiger partial charge in [-0.05, 0) is 12.1 Å². The normalized spacial score (nSPS) is 13.5. The van der Waals surface area contributed by atoms with Gasteiger partial charge in [0.05, 0.1) is 5.69 Å². The molecular weight excluding hydrogens is 240 g/mol. The van der Waals surface area contributed by atoms with Crippen LogP contribution in [0.25, 0.3) is 16.9 Å². The van der Waals surface area contributed by atoms with E-state index in [4.69, 9.17) is 0 Å². The predicted octanol–water partition coefficient (Wildman–Crippen LogP) is 2.38. The van der Waals surface area contributed by atoms with Crippen LogP contribution in [0, 0.1) is 0 Å². The first-order valence-corrected chi connectivity index (χ1v) is 5.93. The number of nitrogens with zero attached hydrogens (tertiary/aromatic N) is 2. The molecule has 0 saturated heterocycles. The first-order valence-electron chi connectivity index (χ1n) is 5.93. The quantitative estimate of drug-likeness (QED) is 0.574. The van der Waals surface area contributed by atoms with Gasteiger partial charge in [0.15, 0.2) is 0 Å². The highest BCUT2D eigenvalue weighted by Gasteiger charge is 2.33. The number of carbonyl (C=O) groups is 2. The van der Waals surface area contributed by atoms with Crippen molar-refractivity contribution in [2.24, 2.45) is 0 Å². The van der Waals surface area contributed by atoms with Crippen molar-refractivity contribution in [3.05, 3.63) is 59.9 Å². The Bertz CT molecular complexity index is 861. The second-order valence-corrected chi connectivity index (χ2v) is 4.44. The minimum absolute atomic E-state index is 0.245. The number of ketones is 2. The van der Waals surface area contributed by atoms with Crippen molar-refractivity contribution < 1.29 is 9.59 Å². The van der Waals surface area contributed by atoms with Crippen LogP contribution in [0.5, 0.6) is 0 Å². The number of pyridine rings is 1. The Balaban J connectivity index is 2.22. The Labute approximate surface area is 108 Å². The van der Waals surface area contributed by atoms with Gasteiger partial charge in [-0.2, -0.15) is 0 Å². The molecule has 0 radical (unpaired) electrons. The molecule has 0 atom stereocenters. The summed E-state index contributed by atoms with van der Waals surface area (Å²) in [5.41, 5.74) is 2.84. The summed E-state index contributed by atoms with van der Waals surface area (Å²) in [6, 6.07) is 12.7. The van der Waals surface area contributed by atoms with Crippen LogP contribution < -0.4 is 0 Å². The Morgan fingerprint density at radius 2 is 1.58 bits per heavy atom. The van der Waals surface area contributed by atoms with Crippen molar-refractivity contribution >= 4 is 17.2 Å². The second kappa shape index (κ2) is 3.38. The third kappa shape index (κ3) is 1.20. The maximum Gasteiger partial charge on any atom is 0.254 e. The minimum Gasteiger partial charge on any atom is -0.299 e. The number of hydrogen-bond acceptors (Lipinski definition) is 3. The van der Waals surface area contributed by atoms with Crippen molar-refractivity contribution in [3.63, 3.8) is 0 Å². The monoisotopic (exact) mass is 248 g/mol. The van der Waals surface area contributed by atoms with Gasteiger partial charge in [0.1, 0.15) is 11.3 Å². The fourth-order valence-corrected chi connectivity index (χ4v) is 2.53. The summed E-state index contributed by atoms with van der Waals surface area (Å²) in [4.78, 5) is 28.5. The fourth-order valence-electron chi connectivity index (χ4n) is 2.53. The Morgan fingerprint density at radius 1 is 0.842 bits per heavy atom. The van der Waals surface area contributed by atoms with Crippen LogP contribution >= 0.6 is 0 Å². The lowest BCUT2D eigenvalue weighted by molar-refractivity contribution is 0.0812. The zero-order valence-corrected chi connectivity index (χ0v) is 9.83. The number of imidazole rings is 1. The zero-order chi connectivity index (χ0) is 13.0. The number of aromatic nitrogens is 2. The van der Waals surface area contributed by atoms with Crippen LogP contribution in [-0.4, -0.2) is 21.0 Å². The molecule has 0 amide bonds. The summed E-state index contributed by atoms with van der Waals surface area (Å²) in [5.74, 6) is -1.01. The van der Waals surface area contributed by atoms with E-state index in [0.717, 1.165) is 5.56 Å². The molecule has 2 aromatic heterocycles. The molecule has 0 unspecified atom stereocenters. The molecule has 0 aliphatic heterocycles. The van der Waals surface area contributed by atoms with Gasteiger partial charge in [-0.3, -0.25) is 14.0 Å². The van der Waals surface area contributed by atoms with Gasteiger partial charge in [-0.1, -0.05) is 30.3 Å². The van der Waals surface area contributed by atoms with E-state index in [1.54, 1.807) is 12.1 Å². The van der Waals surface area contributed by atoms with Crippen LogP contribution in [0.3, 0.4) is 0 Å². The van der Waals surface area contributed by atoms with E-state index in [1.165, 1.54) is 0 Å². The number of fused-ring (bicyclic) bond motifs is 5. The maximum atomic E-state index is 12.1.